The van der Waals surface area contributed by atoms with E-state index in [1.54, 1.807) is 0 Å². The molecule has 3 nitrogen and oxygen atoms in total. The lowest BCUT2D eigenvalue weighted by atomic mass is 9.87. The predicted molar refractivity (Wildman–Crippen MR) is 63.8 cm³/mol. The summed E-state index contributed by atoms with van der Waals surface area (Å²) < 4.78 is 0. The fraction of sp³-hybridized carbons (Fsp3) is 0.429. The Balaban J connectivity index is 2.20. The molecule has 2 aliphatic rings. The average Bonchev–Trinajstić information content (AvgIpc) is 2.47. The van der Waals surface area contributed by atoms with Crippen LogP contribution < -0.4 is 5.73 Å². The van der Waals surface area contributed by atoms with Crippen molar-refractivity contribution in [2.75, 3.05) is 0 Å². The maximum atomic E-state index is 12.2. The quantitative estimate of drug-likeness (QED) is 0.746. The molecule has 1 aromatic carbocycles. The fourth-order valence-corrected chi connectivity index (χ4v) is 3.32. The first-order valence-corrected chi connectivity index (χ1v) is 6.15. The van der Waals surface area contributed by atoms with Crippen LogP contribution in [0.4, 0.5) is 0 Å². The normalized spacial score (nSPS) is 26.5. The number of carbonyl (C=O) groups excluding carboxylic acids is 2. The summed E-state index contributed by atoms with van der Waals surface area (Å²) in [5.74, 6) is -1.12. The van der Waals surface area contributed by atoms with Gasteiger partial charge in [0.25, 0.3) is 0 Å². The third-order valence-electron chi connectivity index (χ3n) is 4.04. The van der Waals surface area contributed by atoms with Crippen LogP contribution in [0.2, 0.25) is 0 Å². The van der Waals surface area contributed by atoms with Gasteiger partial charge < -0.3 is 5.73 Å². The van der Waals surface area contributed by atoms with E-state index in [9.17, 15) is 9.59 Å². The monoisotopic (exact) mass is 229 g/mol. The van der Waals surface area contributed by atoms with Crippen molar-refractivity contribution in [2.45, 2.75) is 31.6 Å². The molecule has 2 N–H and O–H groups in total. The zero-order chi connectivity index (χ0) is 12.0. The molecule has 2 atom stereocenters. The minimum atomic E-state index is -0.621. The van der Waals surface area contributed by atoms with Gasteiger partial charge in [0.15, 0.2) is 5.78 Å². The molecule has 0 saturated heterocycles. The molecular weight excluding hydrogens is 214 g/mol. The van der Waals surface area contributed by atoms with Crippen molar-refractivity contribution < 1.29 is 9.59 Å². The van der Waals surface area contributed by atoms with Crippen molar-refractivity contribution in [1.82, 2.24) is 0 Å². The Labute approximate surface area is 100 Å². The standard InChI is InChI=1S/C14H15NO2/c15-14(17)12-9-6-2-1-4-8-5-3-7-10(11(8)9)13(12)16/h3,5,7,9,12H,1-2,4,6H2,(H2,15,17)/t9-,12-/m0/s1. The van der Waals surface area contributed by atoms with Crippen LogP contribution in [0.1, 0.15) is 46.7 Å². The molecule has 0 heterocycles. The van der Waals surface area contributed by atoms with Crippen LogP contribution in [0.25, 0.3) is 0 Å². The summed E-state index contributed by atoms with van der Waals surface area (Å²) in [6.45, 7) is 0. The highest BCUT2D eigenvalue weighted by Gasteiger charge is 2.44. The maximum absolute atomic E-state index is 12.2. The molecule has 88 valence electrons. The average molecular weight is 229 g/mol. The van der Waals surface area contributed by atoms with Gasteiger partial charge in [0.1, 0.15) is 5.92 Å². The molecule has 2 aliphatic carbocycles. The van der Waals surface area contributed by atoms with Crippen LogP contribution in [0.15, 0.2) is 18.2 Å². The number of hydrogen-bond donors (Lipinski definition) is 1. The van der Waals surface area contributed by atoms with Gasteiger partial charge in [-0.2, -0.15) is 0 Å². The maximum Gasteiger partial charge on any atom is 0.229 e. The number of hydrogen-bond acceptors (Lipinski definition) is 2. The van der Waals surface area contributed by atoms with Crippen LogP contribution in [-0.4, -0.2) is 11.7 Å². The molecule has 0 fully saturated rings. The number of Topliss-reactive ketones (excluding diaryl/α,β-unsaturated/α-hetero) is 1. The van der Waals surface area contributed by atoms with E-state index in [-0.39, 0.29) is 11.7 Å². The van der Waals surface area contributed by atoms with Crippen LogP contribution in [-0.2, 0) is 11.2 Å². The lowest BCUT2D eigenvalue weighted by Crippen LogP contribution is -2.30. The molecule has 0 bridgehead atoms. The van der Waals surface area contributed by atoms with Crippen LogP contribution in [0.3, 0.4) is 0 Å². The molecule has 0 radical (unpaired) electrons. The second-order valence-corrected chi connectivity index (χ2v) is 4.97. The first-order chi connectivity index (χ1) is 8.20. The van der Waals surface area contributed by atoms with Gasteiger partial charge >= 0.3 is 0 Å². The fourth-order valence-electron chi connectivity index (χ4n) is 3.32. The number of benzene rings is 1. The topological polar surface area (TPSA) is 60.2 Å². The lowest BCUT2D eigenvalue weighted by Gasteiger charge is -2.15. The minimum absolute atomic E-state index is 0.0358. The number of primary amides is 1. The van der Waals surface area contributed by atoms with Crippen LogP contribution >= 0.6 is 0 Å². The van der Waals surface area contributed by atoms with Crippen molar-refractivity contribution in [1.29, 1.82) is 0 Å². The molecule has 3 heteroatoms. The number of amides is 1. The SMILES string of the molecule is NC(=O)[C@@H]1C(=O)c2cccc3c2[C@@H]1CCCC3. The summed E-state index contributed by atoms with van der Waals surface area (Å²) in [7, 11) is 0. The first kappa shape index (κ1) is 10.5. The predicted octanol–water partition coefficient (Wildman–Crippen LogP) is 1.79. The summed E-state index contributed by atoms with van der Waals surface area (Å²) in [6, 6.07) is 5.83. The Bertz CT molecular complexity index is 507. The van der Waals surface area contributed by atoms with Gasteiger partial charge in [-0.1, -0.05) is 24.6 Å². The van der Waals surface area contributed by atoms with E-state index < -0.39 is 11.8 Å². The number of rotatable bonds is 1. The van der Waals surface area contributed by atoms with Crippen molar-refractivity contribution in [3.8, 4) is 0 Å². The van der Waals surface area contributed by atoms with E-state index in [1.165, 1.54) is 5.56 Å². The lowest BCUT2D eigenvalue weighted by molar-refractivity contribution is -0.120. The van der Waals surface area contributed by atoms with E-state index in [4.69, 9.17) is 5.73 Å². The molecular formula is C14H15NO2. The Hall–Kier alpha value is -1.64. The Morgan fingerprint density at radius 2 is 2.12 bits per heavy atom. The molecule has 1 amide bonds. The molecule has 1 aromatic rings. The molecule has 3 rings (SSSR count). The van der Waals surface area contributed by atoms with Gasteiger partial charge in [-0.15, -0.1) is 0 Å². The highest BCUT2D eigenvalue weighted by molar-refractivity contribution is 6.14. The summed E-state index contributed by atoms with van der Waals surface area (Å²) in [6.07, 6.45) is 4.12. The number of nitrogens with two attached hydrogens (primary N) is 1. The zero-order valence-corrected chi connectivity index (χ0v) is 9.61. The van der Waals surface area contributed by atoms with Gasteiger partial charge in [-0.25, -0.2) is 0 Å². The van der Waals surface area contributed by atoms with Gasteiger partial charge in [0, 0.05) is 11.5 Å². The van der Waals surface area contributed by atoms with E-state index in [2.05, 4.69) is 6.07 Å². The largest absolute Gasteiger partial charge is 0.369 e. The first-order valence-electron chi connectivity index (χ1n) is 6.15. The van der Waals surface area contributed by atoms with Gasteiger partial charge in [0.2, 0.25) is 5.91 Å². The van der Waals surface area contributed by atoms with Gasteiger partial charge in [-0.05, 0) is 30.4 Å². The van der Waals surface area contributed by atoms with Crippen molar-refractivity contribution in [3.05, 3.63) is 34.9 Å². The summed E-state index contributed by atoms with van der Waals surface area (Å²) in [5, 5.41) is 0. The zero-order valence-electron chi connectivity index (χ0n) is 9.61. The Morgan fingerprint density at radius 1 is 1.29 bits per heavy atom. The van der Waals surface area contributed by atoms with Crippen LogP contribution in [0, 0.1) is 5.92 Å². The van der Waals surface area contributed by atoms with E-state index in [1.807, 2.05) is 12.1 Å². The Kier molecular flexibility index (Phi) is 2.28. The highest BCUT2D eigenvalue weighted by atomic mass is 16.2. The second-order valence-electron chi connectivity index (χ2n) is 4.97. The van der Waals surface area contributed by atoms with Gasteiger partial charge in [0.05, 0.1) is 0 Å². The molecule has 0 unspecified atom stereocenters. The highest BCUT2D eigenvalue weighted by Crippen LogP contribution is 2.44. The van der Waals surface area contributed by atoms with E-state index >= 15 is 0 Å². The van der Waals surface area contributed by atoms with E-state index in [0.717, 1.165) is 36.8 Å². The number of ketones is 1. The van der Waals surface area contributed by atoms with Gasteiger partial charge in [-0.3, -0.25) is 9.59 Å². The van der Waals surface area contributed by atoms with E-state index in [0.29, 0.717) is 0 Å². The molecule has 0 spiro atoms. The minimum Gasteiger partial charge on any atom is -0.369 e. The smallest absolute Gasteiger partial charge is 0.229 e. The van der Waals surface area contributed by atoms with Crippen molar-refractivity contribution >= 4 is 11.7 Å². The second kappa shape index (κ2) is 3.69. The number of carbonyl (C=O) groups is 2. The van der Waals surface area contributed by atoms with Crippen molar-refractivity contribution in [3.63, 3.8) is 0 Å². The molecule has 0 aliphatic heterocycles. The summed E-state index contributed by atoms with van der Waals surface area (Å²) in [4.78, 5) is 23.7. The van der Waals surface area contributed by atoms with Crippen molar-refractivity contribution in [2.24, 2.45) is 11.7 Å². The molecule has 0 aromatic heterocycles. The third kappa shape index (κ3) is 1.42. The summed E-state index contributed by atoms with van der Waals surface area (Å²) >= 11 is 0. The third-order valence-corrected chi connectivity index (χ3v) is 4.04. The number of aryl methyl sites for hydroxylation is 1. The summed E-state index contributed by atoms with van der Waals surface area (Å²) in [5.41, 5.74) is 8.48. The molecule has 0 saturated carbocycles. The Morgan fingerprint density at radius 3 is 2.88 bits per heavy atom. The molecule has 17 heavy (non-hydrogen) atoms. The van der Waals surface area contributed by atoms with Crippen LogP contribution in [0.5, 0.6) is 0 Å².